The number of aldehydes is 1. The van der Waals surface area contributed by atoms with E-state index < -0.39 is 0 Å². The smallest absolute Gasteiger partial charge is 0.261 e. The first-order chi connectivity index (χ1) is 22.0. The lowest BCUT2D eigenvalue weighted by atomic mass is 9.86. The van der Waals surface area contributed by atoms with Gasteiger partial charge in [-0.2, -0.15) is 0 Å². The van der Waals surface area contributed by atoms with E-state index in [4.69, 9.17) is 9.15 Å². The van der Waals surface area contributed by atoms with Crippen LogP contribution in [0.5, 0.6) is 5.75 Å². The molecule has 0 unspecified atom stereocenters. The third kappa shape index (κ3) is 4.85. The number of rotatable bonds is 7. The van der Waals surface area contributed by atoms with Gasteiger partial charge in [0.25, 0.3) is 11.1 Å². The Morgan fingerprint density at radius 1 is 0.717 bits per heavy atom. The normalized spacial score (nSPS) is 12.1. The number of ether oxygens (including phenoxy) is 1. The molecule has 46 heavy (non-hydrogen) atoms. The molecule has 2 aromatic heterocycles. The van der Waals surface area contributed by atoms with Crippen LogP contribution in [-0.4, -0.2) is 17.5 Å². The second-order valence-corrected chi connectivity index (χ2v) is 13.2. The van der Waals surface area contributed by atoms with Gasteiger partial charge in [0.1, 0.15) is 16.9 Å². The van der Waals surface area contributed by atoms with Gasteiger partial charge in [-0.25, -0.2) is 0 Å². The first kappa shape index (κ1) is 29.5. The molecule has 0 amide bonds. The van der Waals surface area contributed by atoms with Crippen LogP contribution in [0.3, 0.4) is 0 Å². The summed E-state index contributed by atoms with van der Waals surface area (Å²) < 4.78 is 13.6. The maximum atomic E-state index is 13.7. The fraction of sp³-hybridized carbons (Fsp3) is 0.225. The lowest BCUT2D eigenvalue weighted by Crippen LogP contribution is -2.33. The van der Waals surface area contributed by atoms with Crippen LogP contribution in [0.15, 0.2) is 92.9 Å². The number of benzene rings is 5. The van der Waals surface area contributed by atoms with Crippen LogP contribution in [0.2, 0.25) is 0 Å². The Bertz CT molecular complexity index is 2370. The number of carbonyl (C=O) groups excluding carboxylic acids is 1. The monoisotopic (exact) mass is 609 g/mol. The van der Waals surface area contributed by atoms with Crippen molar-refractivity contribution in [1.82, 2.24) is 4.57 Å². The van der Waals surface area contributed by atoms with Crippen LogP contribution in [0.4, 0.5) is 0 Å². The first-order valence-electron chi connectivity index (χ1n) is 15.6. The molecule has 0 spiro atoms. The molecule has 7 aromatic rings. The molecule has 6 nitrogen and oxygen atoms in total. The number of aromatic nitrogens is 1. The van der Waals surface area contributed by atoms with Crippen molar-refractivity contribution in [2.45, 2.75) is 53.0 Å². The van der Waals surface area contributed by atoms with Gasteiger partial charge in [-0.15, -0.1) is 0 Å². The summed E-state index contributed by atoms with van der Waals surface area (Å²) in [5.74, 6) is 0.659. The molecule has 0 radical (unpaired) electrons. The molecule has 0 bridgehead atoms. The quantitative estimate of drug-likeness (QED) is 0.0782. The lowest BCUT2D eigenvalue weighted by molar-refractivity contribution is 0.112. The second-order valence-electron chi connectivity index (χ2n) is 13.2. The predicted molar refractivity (Wildman–Crippen MR) is 186 cm³/mol. The standard InChI is InChI=1S/C40H35NO5/c1-23-19-28(20-24(2)33(23)22-42)45-18-6-17-41-38(43)30-13-12-29-32-21-26(25-7-10-27(11-8-25)40(3,4)5)9-15-34(32)46-35-16-14-31(39(41)44)36(30)37(29)35/h7-16,19-22H,6,17-18H2,1-5H3. The Morgan fingerprint density at radius 3 is 1.98 bits per heavy atom. The van der Waals surface area contributed by atoms with E-state index in [2.05, 4.69) is 57.2 Å². The van der Waals surface area contributed by atoms with Crippen LogP contribution in [0, 0.1) is 13.8 Å². The lowest BCUT2D eigenvalue weighted by Gasteiger charge is -2.19. The highest BCUT2D eigenvalue weighted by Crippen LogP contribution is 2.38. The third-order valence-corrected chi connectivity index (χ3v) is 9.13. The van der Waals surface area contributed by atoms with Crippen LogP contribution < -0.4 is 15.9 Å². The first-order valence-corrected chi connectivity index (χ1v) is 15.6. The second kappa shape index (κ2) is 11.0. The number of carbonyl (C=O) groups is 1. The average molecular weight is 610 g/mol. The van der Waals surface area contributed by atoms with E-state index in [-0.39, 0.29) is 23.1 Å². The van der Waals surface area contributed by atoms with E-state index in [0.717, 1.165) is 50.3 Å². The summed E-state index contributed by atoms with van der Waals surface area (Å²) >= 11 is 0. The van der Waals surface area contributed by atoms with Crippen LogP contribution in [0.25, 0.3) is 54.6 Å². The van der Waals surface area contributed by atoms with Gasteiger partial charge >= 0.3 is 0 Å². The van der Waals surface area contributed by atoms with Gasteiger partial charge in [-0.3, -0.25) is 19.0 Å². The van der Waals surface area contributed by atoms with Gasteiger partial charge in [-0.1, -0.05) is 57.2 Å². The number of hydrogen-bond acceptors (Lipinski definition) is 5. The molecule has 0 N–H and O–H groups in total. The molecule has 0 saturated carbocycles. The van der Waals surface area contributed by atoms with Crippen molar-refractivity contribution < 1.29 is 13.9 Å². The Balaban J connectivity index is 1.25. The van der Waals surface area contributed by atoms with E-state index >= 15 is 0 Å². The third-order valence-electron chi connectivity index (χ3n) is 9.13. The summed E-state index contributed by atoms with van der Waals surface area (Å²) in [4.78, 5) is 38.8. The molecule has 5 aromatic carbocycles. The zero-order valence-corrected chi connectivity index (χ0v) is 26.7. The van der Waals surface area contributed by atoms with E-state index in [1.165, 1.54) is 10.1 Å². The SMILES string of the molecule is Cc1cc(OCCCn2c(=O)c3ccc4oc5ccc(-c6ccc(C(C)(C)C)cc6)cc5c5ccc(c2=O)c3c45)cc(C)c1C=O. The molecule has 0 aliphatic rings. The largest absolute Gasteiger partial charge is 0.494 e. The Labute approximate surface area is 266 Å². The number of nitrogens with zero attached hydrogens (tertiary/aromatic N) is 1. The highest BCUT2D eigenvalue weighted by atomic mass is 16.5. The fourth-order valence-corrected chi connectivity index (χ4v) is 6.62. The van der Waals surface area contributed by atoms with E-state index in [0.29, 0.717) is 46.1 Å². The molecule has 0 aliphatic heterocycles. The average Bonchev–Trinajstić information content (AvgIpc) is 3.03. The zero-order chi connectivity index (χ0) is 32.3. The minimum Gasteiger partial charge on any atom is -0.494 e. The number of hydrogen-bond donors (Lipinski definition) is 0. The van der Waals surface area contributed by atoms with E-state index in [9.17, 15) is 14.4 Å². The van der Waals surface area contributed by atoms with Crippen LogP contribution >= 0.6 is 0 Å². The molecule has 0 saturated heterocycles. The van der Waals surface area contributed by atoms with Crippen molar-refractivity contribution in [3.63, 3.8) is 0 Å². The van der Waals surface area contributed by atoms with Crippen molar-refractivity contribution in [3.05, 3.63) is 122 Å². The Hall–Kier alpha value is -5.23. The highest BCUT2D eigenvalue weighted by molar-refractivity contribution is 6.26. The summed E-state index contributed by atoms with van der Waals surface area (Å²) in [6.07, 6.45) is 1.32. The molecule has 230 valence electrons. The van der Waals surface area contributed by atoms with Gasteiger partial charge in [-0.05, 0) is 101 Å². The van der Waals surface area contributed by atoms with Crippen molar-refractivity contribution in [1.29, 1.82) is 0 Å². The molecule has 0 aliphatic carbocycles. The summed E-state index contributed by atoms with van der Waals surface area (Å²) in [7, 11) is 0. The van der Waals surface area contributed by atoms with Gasteiger partial charge in [0.2, 0.25) is 0 Å². The Kier molecular flexibility index (Phi) is 7.04. The summed E-state index contributed by atoms with van der Waals surface area (Å²) in [6.45, 7) is 10.9. The molecule has 7 rings (SSSR count). The van der Waals surface area contributed by atoms with Crippen LogP contribution in [-0.2, 0) is 12.0 Å². The van der Waals surface area contributed by atoms with Crippen molar-refractivity contribution in [2.24, 2.45) is 0 Å². The molecule has 0 fully saturated rings. The summed E-state index contributed by atoms with van der Waals surface area (Å²) in [5, 5.41) is 4.29. The topological polar surface area (TPSA) is 78.5 Å². The van der Waals surface area contributed by atoms with E-state index in [1.807, 2.05) is 50.2 Å². The number of pyridine rings is 1. The summed E-state index contributed by atoms with van der Waals surface area (Å²) in [6, 6.07) is 25.9. The molecule has 6 heteroatoms. The summed E-state index contributed by atoms with van der Waals surface area (Å²) in [5.41, 5.74) is 6.63. The van der Waals surface area contributed by atoms with Crippen molar-refractivity contribution >= 4 is 49.8 Å². The Morgan fingerprint density at radius 2 is 1.33 bits per heavy atom. The van der Waals surface area contributed by atoms with Crippen LogP contribution in [0.1, 0.15) is 54.2 Å². The van der Waals surface area contributed by atoms with Gasteiger partial charge < -0.3 is 9.15 Å². The predicted octanol–water partition coefficient (Wildman–Crippen LogP) is 8.72. The maximum Gasteiger partial charge on any atom is 0.261 e. The number of aryl methyl sites for hydroxylation is 2. The molecule has 0 atom stereocenters. The van der Waals surface area contributed by atoms with Gasteiger partial charge in [0.05, 0.1) is 6.61 Å². The van der Waals surface area contributed by atoms with Crippen molar-refractivity contribution in [3.8, 4) is 16.9 Å². The zero-order valence-electron chi connectivity index (χ0n) is 26.7. The number of fused-ring (bicyclic) bond motifs is 2. The highest BCUT2D eigenvalue weighted by Gasteiger charge is 2.20. The molecular weight excluding hydrogens is 574 g/mol. The molecule has 2 heterocycles. The minimum atomic E-state index is -0.318. The minimum absolute atomic E-state index is 0.0734. The molecular formula is C40H35NO5. The fourth-order valence-electron chi connectivity index (χ4n) is 6.62. The maximum absolute atomic E-state index is 13.7. The van der Waals surface area contributed by atoms with Gasteiger partial charge in [0, 0.05) is 39.0 Å². The van der Waals surface area contributed by atoms with Crippen molar-refractivity contribution in [2.75, 3.05) is 6.61 Å². The van der Waals surface area contributed by atoms with E-state index in [1.54, 1.807) is 6.07 Å². The van der Waals surface area contributed by atoms with Gasteiger partial charge in [0.15, 0.2) is 6.29 Å².